The maximum Gasteiger partial charge on any atom is 0.252 e. The molecule has 0 spiro atoms. The molecule has 2 heterocycles. The number of carbonyl (C=O) groups is 2. The summed E-state index contributed by atoms with van der Waals surface area (Å²) >= 11 is 0. The summed E-state index contributed by atoms with van der Waals surface area (Å²) in [4.78, 5) is 26.4. The van der Waals surface area contributed by atoms with Crippen molar-refractivity contribution in [3.05, 3.63) is 23.8 Å². The second-order valence-electron chi connectivity index (χ2n) is 5.65. The molecule has 118 valence electrons. The number of likely N-dealkylation sites (tertiary alicyclic amines) is 1. The minimum absolute atomic E-state index is 0.0196. The van der Waals surface area contributed by atoms with Crippen LogP contribution in [0.5, 0.6) is 11.5 Å². The van der Waals surface area contributed by atoms with Gasteiger partial charge in [0.1, 0.15) is 6.04 Å². The van der Waals surface area contributed by atoms with E-state index < -0.39 is 6.04 Å². The number of fused-ring (bicyclic) bond motifs is 1. The van der Waals surface area contributed by atoms with Gasteiger partial charge in [-0.3, -0.25) is 9.59 Å². The third kappa shape index (κ3) is 3.00. The lowest BCUT2D eigenvalue weighted by atomic mass is 10.1. The van der Waals surface area contributed by atoms with E-state index in [0.29, 0.717) is 17.1 Å². The van der Waals surface area contributed by atoms with Crippen LogP contribution in [0.15, 0.2) is 18.2 Å². The Balaban J connectivity index is 1.62. The molecule has 3 rings (SSSR count). The zero-order valence-electron chi connectivity index (χ0n) is 12.6. The first-order chi connectivity index (χ1) is 10.6. The molecule has 0 aliphatic carbocycles. The van der Waals surface area contributed by atoms with Gasteiger partial charge < -0.3 is 19.7 Å². The van der Waals surface area contributed by atoms with Crippen molar-refractivity contribution in [1.82, 2.24) is 10.2 Å². The lowest BCUT2D eigenvalue weighted by Gasteiger charge is -2.29. The van der Waals surface area contributed by atoms with E-state index in [0.717, 1.165) is 25.9 Å². The van der Waals surface area contributed by atoms with Crippen LogP contribution in [-0.4, -0.2) is 42.6 Å². The van der Waals surface area contributed by atoms with Gasteiger partial charge in [0.25, 0.3) is 5.91 Å². The number of nitrogens with zero attached hydrogens (tertiary/aromatic N) is 1. The van der Waals surface area contributed by atoms with Gasteiger partial charge in [-0.1, -0.05) is 0 Å². The fourth-order valence-electron chi connectivity index (χ4n) is 2.77. The third-order valence-corrected chi connectivity index (χ3v) is 4.02. The molecule has 0 bridgehead atoms. The van der Waals surface area contributed by atoms with Gasteiger partial charge in [-0.05, 0) is 44.4 Å². The largest absolute Gasteiger partial charge is 0.454 e. The van der Waals surface area contributed by atoms with Gasteiger partial charge in [-0.25, -0.2) is 0 Å². The number of hydrogen-bond donors (Lipinski definition) is 1. The summed E-state index contributed by atoms with van der Waals surface area (Å²) < 4.78 is 10.5. The summed E-state index contributed by atoms with van der Waals surface area (Å²) in [6.07, 6.45) is 3.24. The molecular formula is C16H20N2O4. The average molecular weight is 304 g/mol. The Bertz CT molecular complexity index is 582. The Morgan fingerprint density at radius 3 is 2.64 bits per heavy atom. The zero-order valence-corrected chi connectivity index (χ0v) is 12.6. The normalized spacial score (nSPS) is 18.0. The smallest absolute Gasteiger partial charge is 0.252 e. The molecule has 1 aromatic rings. The minimum atomic E-state index is -0.531. The summed E-state index contributed by atoms with van der Waals surface area (Å²) in [7, 11) is 0. The van der Waals surface area contributed by atoms with Gasteiger partial charge in [0.2, 0.25) is 12.7 Å². The number of ether oxygens (including phenoxy) is 2. The van der Waals surface area contributed by atoms with Crippen LogP contribution >= 0.6 is 0 Å². The lowest BCUT2D eigenvalue weighted by molar-refractivity contribution is -0.133. The van der Waals surface area contributed by atoms with E-state index in [2.05, 4.69) is 5.32 Å². The highest BCUT2D eigenvalue weighted by atomic mass is 16.7. The average Bonchev–Trinajstić information content (AvgIpc) is 3.02. The first-order valence-corrected chi connectivity index (χ1v) is 7.64. The Morgan fingerprint density at radius 1 is 1.14 bits per heavy atom. The van der Waals surface area contributed by atoms with Crippen LogP contribution in [0.2, 0.25) is 0 Å². The number of hydrogen-bond acceptors (Lipinski definition) is 4. The molecule has 1 saturated heterocycles. The predicted molar refractivity (Wildman–Crippen MR) is 79.9 cm³/mol. The molecular weight excluding hydrogens is 284 g/mol. The standard InChI is InChI=1S/C16H20N2O4/c1-11(16(20)18-7-3-2-4-8-18)17-15(19)12-5-6-13-14(9-12)22-10-21-13/h5-6,9,11H,2-4,7-8,10H2,1H3,(H,17,19). The lowest BCUT2D eigenvalue weighted by Crippen LogP contribution is -2.48. The number of carbonyl (C=O) groups excluding carboxylic acids is 2. The van der Waals surface area contributed by atoms with Crippen LogP contribution in [0.25, 0.3) is 0 Å². The fourth-order valence-corrected chi connectivity index (χ4v) is 2.77. The first-order valence-electron chi connectivity index (χ1n) is 7.64. The Morgan fingerprint density at radius 2 is 1.86 bits per heavy atom. The summed E-state index contributed by atoms with van der Waals surface area (Å²) in [6.45, 7) is 3.46. The molecule has 2 aliphatic heterocycles. The molecule has 1 fully saturated rings. The minimum Gasteiger partial charge on any atom is -0.454 e. The molecule has 1 atom stereocenters. The van der Waals surface area contributed by atoms with E-state index in [1.54, 1.807) is 25.1 Å². The molecule has 6 nitrogen and oxygen atoms in total. The molecule has 1 aromatic carbocycles. The summed E-state index contributed by atoms with van der Waals surface area (Å²) in [5.74, 6) is 0.890. The number of amides is 2. The van der Waals surface area contributed by atoms with Crippen LogP contribution in [0.1, 0.15) is 36.5 Å². The van der Waals surface area contributed by atoms with Crippen LogP contribution < -0.4 is 14.8 Å². The van der Waals surface area contributed by atoms with Crippen molar-refractivity contribution in [3.8, 4) is 11.5 Å². The highest BCUT2D eigenvalue weighted by molar-refractivity contribution is 5.98. The maximum atomic E-state index is 12.3. The van der Waals surface area contributed by atoms with E-state index in [9.17, 15) is 9.59 Å². The second-order valence-corrected chi connectivity index (χ2v) is 5.65. The first kappa shape index (κ1) is 14.7. The quantitative estimate of drug-likeness (QED) is 0.920. The van der Waals surface area contributed by atoms with Crippen molar-refractivity contribution in [2.75, 3.05) is 19.9 Å². The molecule has 2 amide bonds. The molecule has 1 N–H and O–H groups in total. The number of benzene rings is 1. The highest BCUT2D eigenvalue weighted by Crippen LogP contribution is 2.32. The van der Waals surface area contributed by atoms with E-state index in [-0.39, 0.29) is 18.6 Å². The molecule has 0 saturated carbocycles. The van der Waals surface area contributed by atoms with Crippen molar-refractivity contribution in [2.24, 2.45) is 0 Å². The zero-order chi connectivity index (χ0) is 15.5. The van der Waals surface area contributed by atoms with Crippen LogP contribution in [0.4, 0.5) is 0 Å². The van der Waals surface area contributed by atoms with Crippen molar-refractivity contribution >= 4 is 11.8 Å². The topological polar surface area (TPSA) is 67.9 Å². The third-order valence-electron chi connectivity index (χ3n) is 4.02. The van der Waals surface area contributed by atoms with Gasteiger partial charge in [0.15, 0.2) is 11.5 Å². The molecule has 1 unspecified atom stereocenters. The van der Waals surface area contributed by atoms with Gasteiger partial charge in [0.05, 0.1) is 0 Å². The van der Waals surface area contributed by atoms with Gasteiger partial charge in [-0.15, -0.1) is 0 Å². The van der Waals surface area contributed by atoms with Crippen molar-refractivity contribution in [3.63, 3.8) is 0 Å². The Hall–Kier alpha value is -2.24. The Kier molecular flexibility index (Phi) is 4.18. The van der Waals surface area contributed by atoms with Gasteiger partial charge in [0, 0.05) is 18.7 Å². The highest BCUT2D eigenvalue weighted by Gasteiger charge is 2.24. The molecule has 2 aliphatic rings. The molecule has 22 heavy (non-hydrogen) atoms. The second kappa shape index (κ2) is 6.25. The predicted octanol–water partition coefficient (Wildman–Crippen LogP) is 1.55. The fraction of sp³-hybridized carbons (Fsp3) is 0.500. The number of piperidine rings is 1. The summed E-state index contributed by atoms with van der Waals surface area (Å²) in [5, 5.41) is 2.76. The van der Waals surface area contributed by atoms with Gasteiger partial charge in [-0.2, -0.15) is 0 Å². The summed E-state index contributed by atoms with van der Waals surface area (Å²) in [6, 6.07) is 4.47. The van der Waals surface area contributed by atoms with E-state index in [1.165, 1.54) is 6.42 Å². The van der Waals surface area contributed by atoms with Crippen molar-refractivity contribution < 1.29 is 19.1 Å². The number of rotatable bonds is 3. The van der Waals surface area contributed by atoms with Crippen LogP contribution in [0, 0.1) is 0 Å². The van der Waals surface area contributed by atoms with Gasteiger partial charge >= 0.3 is 0 Å². The molecule has 0 aromatic heterocycles. The van der Waals surface area contributed by atoms with Crippen molar-refractivity contribution in [1.29, 1.82) is 0 Å². The van der Waals surface area contributed by atoms with E-state index >= 15 is 0 Å². The van der Waals surface area contributed by atoms with E-state index in [4.69, 9.17) is 9.47 Å². The summed E-state index contributed by atoms with van der Waals surface area (Å²) in [5.41, 5.74) is 0.461. The monoisotopic (exact) mass is 304 g/mol. The molecule has 0 radical (unpaired) electrons. The van der Waals surface area contributed by atoms with E-state index in [1.807, 2.05) is 4.90 Å². The van der Waals surface area contributed by atoms with Crippen LogP contribution in [-0.2, 0) is 4.79 Å². The Labute approximate surface area is 129 Å². The van der Waals surface area contributed by atoms with Crippen molar-refractivity contribution in [2.45, 2.75) is 32.2 Å². The van der Waals surface area contributed by atoms with Crippen LogP contribution in [0.3, 0.4) is 0 Å². The molecule has 6 heteroatoms. The maximum absolute atomic E-state index is 12.3. The number of nitrogens with one attached hydrogen (secondary N) is 1. The SMILES string of the molecule is CC(NC(=O)c1ccc2c(c1)OCO2)C(=O)N1CCCCC1.